The van der Waals surface area contributed by atoms with Gasteiger partial charge in [-0.25, -0.2) is 4.39 Å². The molecule has 0 fully saturated rings. The summed E-state index contributed by atoms with van der Waals surface area (Å²) in [6, 6.07) is 12.7. The number of ether oxygens (including phenoxy) is 2. The zero-order valence-corrected chi connectivity index (χ0v) is 18.3. The Morgan fingerprint density at radius 3 is 2.21 bits per heavy atom. The molecule has 2 N–H and O–H groups in total. The summed E-state index contributed by atoms with van der Waals surface area (Å²) in [6.45, 7) is 3.56. The number of phenols is 1. The van der Waals surface area contributed by atoms with E-state index in [9.17, 15) is 23.9 Å². The van der Waals surface area contributed by atoms with E-state index in [2.05, 4.69) is 10.1 Å². The molecular formula is C25H22FNO6. The van der Waals surface area contributed by atoms with Crippen LogP contribution in [0.15, 0.2) is 54.6 Å². The van der Waals surface area contributed by atoms with Crippen molar-refractivity contribution in [3.63, 3.8) is 0 Å². The fraction of sp³-hybridized carbons (Fsp3) is 0.160. The van der Waals surface area contributed by atoms with Gasteiger partial charge >= 0.3 is 5.97 Å². The summed E-state index contributed by atoms with van der Waals surface area (Å²) >= 11 is 0. The second-order valence-corrected chi connectivity index (χ2v) is 7.36. The average Bonchev–Trinajstić information content (AvgIpc) is 2.77. The number of hydrogen-bond donors (Lipinski definition) is 2. The lowest BCUT2D eigenvalue weighted by molar-refractivity contribution is -0.142. The van der Waals surface area contributed by atoms with Crippen LogP contribution in [0, 0.1) is 19.7 Å². The van der Waals surface area contributed by atoms with Crippen molar-refractivity contribution in [3.8, 4) is 17.2 Å². The Morgan fingerprint density at radius 1 is 0.970 bits per heavy atom. The number of aryl methyl sites for hydroxylation is 2. The second-order valence-electron chi connectivity index (χ2n) is 7.36. The van der Waals surface area contributed by atoms with Crippen LogP contribution < -0.4 is 10.1 Å². The standard InChI is InChI=1S/C25H22FNO6/c1-14-10-18(27-22(29)13-23(30)32-3)11-15(2)25(14)33-19-8-9-21(28)20(12-19)24(31)16-4-6-17(26)7-5-16/h4-12,28H,13H2,1-3H3,(H,27,29). The van der Waals surface area contributed by atoms with Crippen molar-refractivity contribution in [1.29, 1.82) is 0 Å². The molecule has 0 aromatic heterocycles. The van der Waals surface area contributed by atoms with E-state index in [1.54, 1.807) is 26.0 Å². The van der Waals surface area contributed by atoms with E-state index in [0.717, 1.165) is 0 Å². The van der Waals surface area contributed by atoms with Gasteiger partial charge in [0, 0.05) is 11.3 Å². The van der Waals surface area contributed by atoms with Crippen LogP contribution >= 0.6 is 0 Å². The molecule has 8 heteroatoms. The normalized spacial score (nSPS) is 10.4. The molecular weight excluding hydrogens is 429 g/mol. The van der Waals surface area contributed by atoms with E-state index in [1.807, 2.05) is 0 Å². The minimum absolute atomic E-state index is 0.0149. The minimum Gasteiger partial charge on any atom is -0.507 e. The number of aromatic hydroxyl groups is 1. The first kappa shape index (κ1) is 23.5. The second kappa shape index (κ2) is 9.95. The molecule has 3 rings (SSSR count). The smallest absolute Gasteiger partial charge is 0.315 e. The van der Waals surface area contributed by atoms with Crippen LogP contribution in [0.25, 0.3) is 0 Å². The number of carbonyl (C=O) groups excluding carboxylic acids is 3. The van der Waals surface area contributed by atoms with Gasteiger partial charge in [0.1, 0.15) is 29.5 Å². The zero-order chi connectivity index (χ0) is 24.1. The van der Waals surface area contributed by atoms with Crippen LogP contribution in [0.1, 0.15) is 33.5 Å². The van der Waals surface area contributed by atoms with E-state index in [4.69, 9.17) is 4.74 Å². The van der Waals surface area contributed by atoms with Crippen molar-refractivity contribution >= 4 is 23.3 Å². The first-order valence-electron chi connectivity index (χ1n) is 9.97. The number of esters is 1. The summed E-state index contributed by atoms with van der Waals surface area (Å²) < 4.78 is 23.6. The molecule has 0 unspecified atom stereocenters. The highest BCUT2D eigenvalue weighted by atomic mass is 19.1. The number of methoxy groups -OCH3 is 1. The summed E-state index contributed by atoms with van der Waals surface area (Å²) in [4.78, 5) is 35.9. The van der Waals surface area contributed by atoms with Crippen molar-refractivity contribution < 1.29 is 33.4 Å². The summed E-state index contributed by atoms with van der Waals surface area (Å²) in [5.41, 5.74) is 2.12. The predicted molar refractivity (Wildman–Crippen MR) is 119 cm³/mol. The van der Waals surface area contributed by atoms with Gasteiger partial charge in [0.05, 0.1) is 12.7 Å². The topological polar surface area (TPSA) is 102 Å². The molecule has 33 heavy (non-hydrogen) atoms. The molecule has 1 amide bonds. The van der Waals surface area contributed by atoms with Gasteiger partial charge in [-0.2, -0.15) is 0 Å². The van der Waals surface area contributed by atoms with Crippen molar-refractivity contribution in [2.24, 2.45) is 0 Å². The highest BCUT2D eigenvalue weighted by molar-refractivity contribution is 6.10. The number of halogens is 1. The van der Waals surface area contributed by atoms with E-state index in [-0.39, 0.29) is 16.9 Å². The third-order valence-electron chi connectivity index (χ3n) is 4.82. The highest BCUT2D eigenvalue weighted by Crippen LogP contribution is 2.34. The molecule has 170 valence electrons. The van der Waals surface area contributed by atoms with Crippen LogP contribution in [0.5, 0.6) is 17.2 Å². The van der Waals surface area contributed by atoms with E-state index in [0.29, 0.717) is 28.3 Å². The third-order valence-corrected chi connectivity index (χ3v) is 4.82. The number of nitrogens with one attached hydrogen (secondary N) is 1. The molecule has 0 saturated carbocycles. The van der Waals surface area contributed by atoms with Crippen molar-refractivity contribution in [2.75, 3.05) is 12.4 Å². The van der Waals surface area contributed by atoms with Gasteiger partial charge in [-0.05, 0) is 79.6 Å². The third kappa shape index (κ3) is 5.74. The summed E-state index contributed by atoms with van der Waals surface area (Å²) in [5.74, 6) is -1.50. The molecule has 0 aliphatic rings. The van der Waals surface area contributed by atoms with Gasteiger partial charge in [0.2, 0.25) is 5.91 Å². The summed E-state index contributed by atoms with van der Waals surface area (Å²) in [7, 11) is 1.21. The predicted octanol–water partition coefficient (Wildman–Crippen LogP) is 4.67. The summed E-state index contributed by atoms with van der Waals surface area (Å²) in [5, 5.41) is 12.8. The Hall–Kier alpha value is -4.20. The molecule has 0 aliphatic heterocycles. The van der Waals surface area contributed by atoms with E-state index in [1.165, 1.54) is 49.6 Å². The van der Waals surface area contributed by atoms with Gasteiger partial charge in [-0.1, -0.05) is 0 Å². The quantitative estimate of drug-likeness (QED) is 0.307. The van der Waals surface area contributed by atoms with Crippen molar-refractivity contribution in [3.05, 3.63) is 82.7 Å². The molecule has 3 aromatic rings. The lowest BCUT2D eigenvalue weighted by Crippen LogP contribution is -2.17. The maximum Gasteiger partial charge on any atom is 0.315 e. The lowest BCUT2D eigenvalue weighted by Gasteiger charge is -2.15. The number of anilines is 1. The van der Waals surface area contributed by atoms with Crippen LogP contribution in [0.2, 0.25) is 0 Å². The number of amides is 1. The Labute approximate surface area is 189 Å². The minimum atomic E-state index is -0.640. The van der Waals surface area contributed by atoms with E-state index >= 15 is 0 Å². The zero-order valence-electron chi connectivity index (χ0n) is 18.3. The van der Waals surface area contributed by atoms with E-state index < -0.39 is 29.9 Å². The van der Waals surface area contributed by atoms with Gasteiger partial charge in [0.15, 0.2) is 5.78 Å². The monoisotopic (exact) mass is 451 g/mol. The maximum absolute atomic E-state index is 13.2. The molecule has 0 aliphatic carbocycles. The fourth-order valence-electron chi connectivity index (χ4n) is 3.23. The van der Waals surface area contributed by atoms with Crippen LogP contribution in [0.3, 0.4) is 0 Å². The molecule has 0 saturated heterocycles. The first-order chi connectivity index (χ1) is 15.7. The Morgan fingerprint density at radius 2 is 1.61 bits per heavy atom. The number of carbonyl (C=O) groups is 3. The summed E-state index contributed by atoms with van der Waals surface area (Å²) in [6.07, 6.45) is -0.398. The maximum atomic E-state index is 13.2. The Bertz CT molecular complexity index is 1200. The number of benzene rings is 3. The Kier molecular flexibility index (Phi) is 7.07. The molecule has 0 heterocycles. The van der Waals surface area contributed by atoms with Crippen molar-refractivity contribution in [2.45, 2.75) is 20.3 Å². The number of phenolic OH excluding ortho intramolecular Hbond substituents is 1. The largest absolute Gasteiger partial charge is 0.507 e. The van der Waals surface area contributed by atoms with Gasteiger partial charge in [-0.15, -0.1) is 0 Å². The van der Waals surface area contributed by atoms with Crippen LogP contribution in [-0.4, -0.2) is 29.9 Å². The van der Waals surface area contributed by atoms with Crippen LogP contribution in [0.4, 0.5) is 10.1 Å². The van der Waals surface area contributed by atoms with Gasteiger partial charge < -0.3 is 19.9 Å². The molecule has 0 radical (unpaired) electrons. The van der Waals surface area contributed by atoms with Gasteiger partial charge in [0.25, 0.3) is 0 Å². The van der Waals surface area contributed by atoms with Crippen LogP contribution in [-0.2, 0) is 14.3 Å². The number of ketones is 1. The van der Waals surface area contributed by atoms with Gasteiger partial charge in [-0.3, -0.25) is 14.4 Å². The molecule has 7 nitrogen and oxygen atoms in total. The number of hydrogen-bond acceptors (Lipinski definition) is 6. The molecule has 0 bridgehead atoms. The Balaban J connectivity index is 1.82. The SMILES string of the molecule is COC(=O)CC(=O)Nc1cc(C)c(Oc2ccc(O)c(C(=O)c3ccc(F)cc3)c2)c(C)c1. The van der Waals surface area contributed by atoms with Crippen molar-refractivity contribution in [1.82, 2.24) is 0 Å². The lowest BCUT2D eigenvalue weighted by atomic mass is 10.0. The molecule has 0 atom stereocenters. The first-order valence-corrected chi connectivity index (χ1v) is 9.97. The number of rotatable bonds is 7. The fourth-order valence-corrected chi connectivity index (χ4v) is 3.23. The molecule has 3 aromatic carbocycles. The molecule has 0 spiro atoms. The highest BCUT2D eigenvalue weighted by Gasteiger charge is 2.17. The average molecular weight is 451 g/mol.